The van der Waals surface area contributed by atoms with Gasteiger partial charge in [0.1, 0.15) is 5.75 Å². The maximum Gasteiger partial charge on any atom is 0.315 e. The van der Waals surface area contributed by atoms with Gasteiger partial charge in [0.05, 0.1) is 12.6 Å². The normalized spacial score (nSPS) is 22.0. The average Bonchev–Trinajstić information content (AvgIpc) is 2.74. The van der Waals surface area contributed by atoms with Crippen LogP contribution in [0, 0.1) is 5.92 Å². The van der Waals surface area contributed by atoms with Gasteiger partial charge in [-0.05, 0) is 36.9 Å². The Morgan fingerprint density at radius 3 is 2.79 bits per heavy atom. The van der Waals surface area contributed by atoms with Gasteiger partial charge in [-0.2, -0.15) is 0 Å². The molecule has 0 aliphatic carbocycles. The summed E-state index contributed by atoms with van der Waals surface area (Å²) in [5, 5.41) is 6.22. The number of hydrogen-bond acceptors (Lipinski definition) is 3. The Labute approximate surface area is 167 Å². The van der Waals surface area contributed by atoms with Crippen LogP contribution < -0.4 is 15.4 Å². The lowest BCUT2D eigenvalue weighted by molar-refractivity contribution is 0.164. The van der Waals surface area contributed by atoms with E-state index >= 15 is 0 Å². The van der Waals surface area contributed by atoms with Crippen LogP contribution in [0.15, 0.2) is 54.6 Å². The van der Waals surface area contributed by atoms with Gasteiger partial charge in [0.2, 0.25) is 0 Å². The van der Waals surface area contributed by atoms with Crippen molar-refractivity contribution in [1.29, 1.82) is 0 Å². The van der Waals surface area contributed by atoms with Crippen LogP contribution in [0.3, 0.4) is 0 Å². The first-order valence-electron chi connectivity index (χ1n) is 10.3. The van der Waals surface area contributed by atoms with Gasteiger partial charge < -0.3 is 15.4 Å². The number of nitrogens with zero attached hydrogens (tertiary/aromatic N) is 1. The van der Waals surface area contributed by atoms with E-state index in [9.17, 15) is 4.79 Å². The largest absolute Gasteiger partial charge is 0.493 e. The number of likely N-dealkylation sites (tertiary alicyclic amines) is 1. The Balaban J connectivity index is 1.25. The molecule has 2 aromatic carbocycles. The predicted molar refractivity (Wildman–Crippen MR) is 110 cm³/mol. The lowest BCUT2D eigenvalue weighted by Gasteiger charge is -2.33. The average molecular weight is 380 g/mol. The first kappa shape index (κ1) is 18.8. The number of rotatable bonds is 5. The van der Waals surface area contributed by atoms with Crippen molar-refractivity contribution in [3.05, 3.63) is 65.7 Å². The van der Waals surface area contributed by atoms with E-state index in [0.717, 1.165) is 43.9 Å². The molecule has 5 heteroatoms. The minimum absolute atomic E-state index is 0.0193. The number of urea groups is 1. The zero-order chi connectivity index (χ0) is 19.2. The van der Waals surface area contributed by atoms with Gasteiger partial charge in [-0.3, -0.25) is 4.90 Å². The van der Waals surface area contributed by atoms with Crippen LogP contribution in [-0.2, 0) is 6.54 Å². The molecular weight excluding hydrogens is 350 g/mol. The van der Waals surface area contributed by atoms with Gasteiger partial charge in [-0.25, -0.2) is 4.79 Å². The smallest absolute Gasteiger partial charge is 0.315 e. The van der Waals surface area contributed by atoms with Crippen LogP contribution in [0.2, 0.25) is 0 Å². The fourth-order valence-corrected chi connectivity index (χ4v) is 4.24. The van der Waals surface area contributed by atoms with Crippen LogP contribution in [0.5, 0.6) is 5.75 Å². The molecule has 0 saturated carbocycles. The molecule has 0 aromatic heterocycles. The Morgan fingerprint density at radius 1 is 1.07 bits per heavy atom. The third-order valence-corrected chi connectivity index (χ3v) is 5.67. The van der Waals surface area contributed by atoms with Crippen LogP contribution >= 0.6 is 0 Å². The summed E-state index contributed by atoms with van der Waals surface area (Å²) < 4.78 is 5.67. The molecule has 1 fully saturated rings. The third-order valence-electron chi connectivity index (χ3n) is 5.67. The van der Waals surface area contributed by atoms with Crippen molar-refractivity contribution >= 4 is 6.03 Å². The molecule has 2 aromatic rings. The molecule has 28 heavy (non-hydrogen) atoms. The number of amides is 2. The van der Waals surface area contributed by atoms with Gasteiger partial charge in [0.25, 0.3) is 0 Å². The highest BCUT2D eigenvalue weighted by Gasteiger charge is 2.24. The van der Waals surface area contributed by atoms with E-state index in [2.05, 4.69) is 45.9 Å². The Morgan fingerprint density at radius 2 is 1.89 bits per heavy atom. The van der Waals surface area contributed by atoms with Gasteiger partial charge >= 0.3 is 6.03 Å². The molecule has 2 atom stereocenters. The molecule has 4 rings (SSSR count). The van der Waals surface area contributed by atoms with Crippen molar-refractivity contribution in [2.45, 2.75) is 31.8 Å². The molecule has 0 radical (unpaired) electrons. The van der Waals surface area contributed by atoms with Crippen molar-refractivity contribution in [2.75, 3.05) is 26.2 Å². The van der Waals surface area contributed by atoms with E-state index in [4.69, 9.17) is 4.74 Å². The number of carbonyl (C=O) groups is 1. The van der Waals surface area contributed by atoms with Crippen LogP contribution in [0.1, 0.15) is 36.4 Å². The zero-order valence-corrected chi connectivity index (χ0v) is 16.3. The molecule has 2 heterocycles. The first-order valence-corrected chi connectivity index (χ1v) is 10.3. The van der Waals surface area contributed by atoms with Crippen LogP contribution in [0.25, 0.3) is 0 Å². The van der Waals surface area contributed by atoms with Gasteiger partial charge in [0, 0.05) is 31.6 Å². The summed E-state index contributed by atoms with van der Waals surface area (Å²) in [6.45, 7) is 4.52. The maximum atomic E-state index is 12.5. The van der Waals surface area contributed by atoms with Crippen molar-refractivity contribution in [3.63, 3.8) is 0 Å². The number of fused-ring (bicyclic) bond motifs is 1. The highest BCUT2D eigenvalue weighted by molar-refractivity contribution is 5.74. The predicted octanol–water partition coefficient (Wildman–Crippen LogP) is 3.72. The van der Waals surface area contributed by atoms with Crippen molar-refractivity contribution in [1.82, 2.24) is 15.5 Å². The molecular formula is C23H29N3O2. The summed E-state index contributed by atoms with van der Waals surface area (Å²) in [7, 11) is 0. The van der Waals surface area contributed by atoms with Crippen LogP contribution in [0.4, 0.5) is 4.79 Å². The number of benzene rings is 2. The highest BCUT2D eigenvalue weighted by Crippen LogP contribution is 2.31. The van der Waals surface area contributed by atoms with Crippen molar-refractivity contribution in [2.24, 2.45) is 5.92 Å². The fourth-order valence-electron chi connectivity index (χ4n) is 4.24. The number of hydrogen-bond donors (Lipinski definition) is 2. The van der Waals surface area contributed by atoms with E-state index in [0.29, 0.717) is 12.5 Å². The summed E-state index contributed by atoms with van der Waals surface area (Å²) in [6.07, 6.45) is 3.17. The van der Waals surface area contributed by atoms with E-state index < -0.39 is 0 Å². The zero-order valence-electron chi connectivity index (χ0n) is 16.3. The summed E-state index contributed by atoms with van der Waals surface area (Å²) in [6, 6.07) is 18.5. The van der Waals surface area contributed by atoms with E-state index in [1.807, 2.05) is 24.3 Å². The molecule has 1 saturated heterocycles. The number of piperidine rings is 1. The number of ether oxygens (including phenoxy) is 1. The van der Waals surface area contributed by atoms with E-state index in [-0.39, 0.29) is 12.1 Å². The third kappa shape index (κ3) is 4.84. The van der Waals surface area contributed by atoms with Gasteiger partial charge in [0.15, 0.2) is 0 Å². The number of nitrogens with one attached hydrogen (secondary N) is 2. The van der Waals surface area contributed by atoms with Crippen molar-refractivity contribution < 1.29 is 9.53 Å². The highest BCUT2D eigenvalue weighted by atomic mass is 16.5. The lowest BCUT2D eigenvalue weighted by Crippen LogP contribution is -2.44. The first-order chi connectivity index (χ1) is 13.8. The Hall–Kier alpha value is -2.53. The molecule has 2 amide bonds. The second-order valence-electron chi connectivity index (χ2n) is 7.81. The molecule has 0 spiro atoms. The summed E-state index contributed by atoms with van der Waals surface area (Å²) in [5.41, 5.74) is 2.42. The maximum absolute atomic E-state index is 12.5. The molecule has 5 nitrogen and oxygen atoms in total. The molecule has 148 valence electrons. The van der Waals surface area contributed by atoms with Crippen molar-refractivity contribution in [3.8, 4) is 5.75 Å². The molecule has 0 bridgehead atoms. The summed E-state index contributed by atoms with van der Waals surface area (Å²) in [4.78, 5) is 15.0. The topological polar surface area (TPSA) is 53.6 Å². The molecule has 0 unspecified atom stereocenters. The van der Waals surface area contributed by atoms with E-state index in [1.165, 1.54) is 18.4 Å². The molecule has 2 aliphatic heterocycles. The Kier molecular flexibility index (Phi) is 6.12. The summed E-state index contributed by atoms with van der Waals surface area (Å²) >= 11 is 0. The monoisotopic (exact) mass is 379 g/mol. The Bertz CT molecular complexity index is 780. The van der Waals surface area contributed by atoms with Gasteiger partial charge in [-0.1, -0.05) is 48.5 Å². The molecule has 2 N–H and O–H groups in total. The standard InChI is InChI=1S/C23H29N3O2/c27-23(25-21-12-14-28-22-11-5-4-10-20(21)22)24-15-19-9-6-13-26(17-19)16-18-7-2-1-3-8-18/h1-5,7-8,10-11,19,21H,6,9,12-17H2,(H2,24,25,27)/t19-,21-/m0/s1. The summed E-state index contributed by atoms with van der Waals surface area (Å²) in [5.74, 6) is 1.38. The quantitative estimate of drug-likeness (QED) is 0.832. The number of para-hydroxylation sites is 1. The molecule has 2 aliphatic rings. The SMILES string of the molecule is O=C(NC[C@@H]1CCCN(Cc2ccccc2)C1)N[C@H]1CCOc2ccccc21. The van der Waals surface area contributed by atoms with E-state index in [1.54, 1.807) is 0 Å². The second kappa shape index (κ2) is 9.11. The van der Waals surface area contributed by atoms with Gasteiger partial charge in [-0.15, -0.1) is 0 Å². The lowest BCUT2D eigenvalue weighted by atomic mass is 9.97. The fraction of sp³-hybridized carbons (Fsp3) is 0.435. The number of carbonyl (C=O) groups excluding carboxylic acids is 1. The second-order valence-corrected chi connectivity index (χ2v) is 7.81. The minimum Gasteiger partial charge on any atom is -0.493 e. The minimum atomic E-state index is -0.0816. The van der Waals surface area contributed by atoms with Crippen LogP contribution in [-0.4, -0.2) is 37.2 Å².